The summed E-state index contributed by atoms with van der Waals surface area (Å²) in [4.78, 5) is 0. The first kappa shape index (κ1) is 18.6. The van der Waals surface area contributed by atoms with Gasteiger partial charge in [-0.3, -0.25) is 0 Å². The minimum absolute atomic E-state index is 0.0757. The lowest BCUT2D eigenvalue weighted by Crippen LogP contribution is -2.31. The van der Waals surface area contributed by atoms with E-state index in [0.717, 1.165) is 11.1 Å². The Morgan fingerprint density at radius 2 is 1.72 bits per heavy atom. The maximum Gasteiger partial charge on any atom is 0.163 e. The monoisotopic (exact) mass is 346 g/mol. The van der Waals surface area contributed by atoms with Crippen molar-refractivity contribution in [2.24, 2.45) is 5.92 Å². The molecule has 1 aromatic carbocycles. The molecule has 4 atom stereocenters. The van der Waals surface area contributed by atoms with E-state index in [-0.39, 0.29) is 29.8 Å². The van der Waals surface area contributed by atoms with Crippen LogP contribution in [0.2, 0.25) is 0 Å². The quantitative estimate of drug-likeness (QED) is 0.753. The number of fused-ring (bicyclic) bond motifs is 1. The van der Waals surface area contributed by atoms with Gasteiger partial charge in [-0.05, 0) is 45.8 Å². The van der Waals surface area contributed by atoms with Gasteiger partial charge < -0.3 is 18.9 Å². The zero-order valence-electron chi connectivity index (χ0n) is 16.0. The fraction of sp³-hybridized carbons (Fsp3) is 0.619. The van der Waals surface area contributed by atoms with Gasteiger partial charge in [-0.25, -0.2) is 0 Å². The van der Waals surface area contributed by atoms with E-state index in [0.29, 0.717) is 13.2 Å². The minimum atomic E-state index is -0.607. The highest BCUT2D eigenvalue weighted by atomic mass is 16.8. The van der Waals surface area contributed by atoms with Crippen molar-refractivity contribution in [3.05, 3.63) is 48.0 Å². The molecule has 4 nitrogen and oxygen atoms in total. The zero-order chi connectivity index (χ0) is 18.2. The SMILES string of the molecule is C=C1[C@H](COC(C)(C)C)[C@H]2OC(C)(C)O[C@H]2[C@H]1OCc1ccccc1. The van der Waals surface area contributed by atoms with E-state index < -0.39 is 5.79 Å². The predicted octanol–water partition coefficient (Wildman–Crippen LogP) is 4.09. The van der Waals surface area contributed by atoms with Gasteiger partial charge in [0, 0.05) is 5.92 Å². The molecule has 2 aliphatic rings. The highest BCUT2D eigenvalue weighted by molar-refractivity contribution is 5.24. The molecule has 1 aliphatic heterocycles. The summed E-state index contributed by atoms with van der Waals surface area (Å²) in [6.45, 7) is 15.5. The topological polar surface area (TPSA) is 36.9 Å². The van der Waals surface area contributed by atoms with E-state index in [4.69, 9.17) is 18.9 Å². The maximum atomic E-state index is 6.21. The van der Waals surface area contributed by atoms with Crippen molar-refractivity contribution in [2.45, 2.75) is 70.9 Å². The van der Waals surface area contributed by atoms with E-state index in [1.807, 2.05) is 32.0 Å². The Bertz CT molecular complexity index is 602. The lowest BCUT2D eigenvalue weighted by atomic mass is 10.0. The van der Waals surface area contributed by atoms with Crippen LogP contribution in [-0.4, -0.2) is 36.3 Å². The standard InChI is InChI=1S/C21H30O4/c1-14-16(13-23-20(2,3)4)18-19(25-21(5,6)24-18)17(14)22-12-15-10-8-7-9-11-15/h7-11,16-19H,1,12-13H2,2-6H3/t16-,17-,18+,19-/m0/s1. The summed E-state index contributed by atoms with van der Waals surface area (Å²) in [6, 6.07) is 10.2. The molecule has 138 valence electrons. The van der Waals surface area contributed by atoms with E-state index in [1.165, 1.54) is 0 Å². The molecule has 25 heavy (non-hydrogen) atoms. The van der Waals surface area contributed by atoms with E-state index >= 15 is 0 Å². The Morgan fingerprint density at radius 3 is 2.36 bits per heavy atom. The first-order valence-corrected chi connectivity index (χ1v) is 9.00. The van der Waals surface area contributed by atoms with E-state index in [2.05, 4.69) is 39.5 Å². The van der Waals surface area contributed by atoms with Crippen molar-refractivity contribution in [3.63, 3.8) is 0 Å². The van der Waals surface area contributed by atoms with Crippen LogP contribution in [-0.2, 0) is 25.6 Å². The number of hydrogen-bond donors (Lipinski definition) is 0. The summed E-state index contributed by atoms with van der Waals surface area (Å²) < 4.78 is 24.5. The van der Waals surface area contributed by atoms with Gasteiger partial charge in [0.15, 0.2) is 5.79 Å². The van der Waals surface area contributed by atoms with Crippen LogP contribution in [0.5, 0.6) is 0 Å². The molecule has 0 unspecified atom stereocenters. The number of benzene rings is 1. The van der Waals surface area contributed by atoms with Crippen molar-refractivity contribution >= 4 is 0 Å². The summed E-state index contributed by atoms with van der Waals surface area (Å²) in [6.07, 6.45) is -0.397. The normalized spacial score (nSPS) is 31.3. The van der Waals surface area contributed by atoms with Gasteiger partial charge in [0.25, 0.3) is 0 Å². The molecule has 0 spiro atoms. The third-order valence-electron chi connectivity index (χ3n) is 4.67. The second-order valence-electron chi connectivity index (χ2n) is 8.39. The Balaban J connectivity index is 1.72. The summed E-state index contributed by atoms with van der Waals surface area (Å²) in [5, 5.41) is 0. The van der Waals surface area contributed by atoms with Crippen LogP contribution in [0.25, 0.3) is 0 Å². The second-order valence-corrected chi connectivity index (χ2v) is 8.39. The van der Waals surface area contributed by atoms with Gasteiger partial charge in [0.1, 0.15) is 12.2 Å². The summed E-state index contributed by atoms with van der Waals surface area (Å²) in [5.74, 6) is -0.531. The first-order chi connectivity index (χ1) is 11.7. The molecule has 0 radical (unpaired) electrons. The smallest absolute Gasteiger partial charge is 0.163 e. The molecule has 1 aromatic rings. The Hall–Kier alpha value is -1.20. The van der Waals surface area contributed by atoms with Crippen LogP contribution in [0.15, 0.2) is 42.5 Å². The van der Waals surface area contributed by atoms with Crippen LogP contribution in [0.3, 0.4) is 0 Å². The highest BCUT2D eigenvalue weighted by Crippen LogP contribution is 2.45. The van der Waals surface area contributed by atoms with Crippen molar-refractivity contribution in [3.8, 4) is 0 Å². The Morgan fingerprint density at radius 1 is 1.08 bits per heavy atom. The molecule has 4 heteroatoms. The molecule has 1 aliphatic carbocycles. The molecule has 0 amide bonds. The Kier molecular flexibility index (Phi) is 5.09. The van der Waals surface area contributed by atoms with E-state index in [9.17, 15) is 0 Å². The summed E-state index contributed by atoms with van der Waals surface area (Å²) in [7, 11) is 0. The number of ether oxygens (including phenoxy) is 4. The van der Waals surface area contributed by atoms with Gasteiger partial charge in [-0.1, -0.05) is 36.9 Å². The van der Waals surface area contributed by atoms with E-state index in [1.54, 1.807) is 0 Å². The van der Waals surface area contributed by atoms with Crippen molar-refractivity contribution in [1.82, 2.24) is 0 Å². The third kappa shape index (κ3) is 4.32. The molecule has 0 aromatic heterocycles. The molecule has 3 rings (SSSR count). The molecular weight excluding hydrogens is 316 g/mol. The molecule has 0 N–H and O–H groups in total. The molecule has 1 saturated carbocycles. The van der Waals surface area contributed by atoms with Crippen LogP contribution >= 0.6 is 0 Å². The molecular formula is C21H30O4. The average molecular weight is 346 g/mol. The van der Waals surface area contributed by atoms with Crippen molar-refractivity contribution in [2.75, 3.05) is 6.61 Å². The molecule has 0 bridgehead atoms. The largest absolute Gasteiger partial charge is 0.375 e. The molecule has 1 heterocycles. The number of hydrogen-bond acceptors (Lipinski definition) is 4. The van der Waals surface area contributed by atoms with Crippen LogP contribution in [0.4, 0.5) is 0 Å². The molecule has 2 fully saturated rings. The highest BCUT2D eigenvalue weighted by Gasteiger charge is 2.56. The fourth-order valence-corrected chi connectivity index (χ4v) is 3.50. The lowest BCUT2D eigenvalue weighted by Gasteiger charge is -2.27. The number of rotatable bonds is 5. The van der Waals surface area contributed by atoms with Gasteiger partial charge in [-0.15, -0.1) is 0 Å². The third-order valence-corrected chi connectivity index (χ3v) is 4.67. The maximum absolute atomic E-state index is 6.21. The van der Waals surface area contributed by atoms with Crippen molar-refractivity contribution < 1.29 is 18.9 Å². The fourth-order valence-electron chi connectivity index (χ4n) is 3.50. The lowest BCUT2D eigenvalue weighted by molar-refractivity contribution is -0.167. The average Bonchev–Trinajstić information content (AvgIpc) is 2.94. The summed E-state index contributed by atoms with van der Waals surface area (Å²) >= 11 is 0. The van der Waals surface area contributed by atoms with Gasteiger partial charge in [-0.2, -0.15) is 0 Å². The van der Waals surface area contributed by atoms with Crippen LogP contribution in [0.1, 0.15) is 40.2 Å². The van der Waals surface area contributed by atoms with Gasteiger partial charge in [0.05, 0.1) is 24.9 Å². The predicted molar refractivity (Wildman–Crippen MR) is 97.2 cm³/mol. The summed E-state index contributed by atoms with van der Waals surface area (Å²) in [5.41, 5.74) is 1.94. The first-order valence-electron chi connectivity index (χ1n) is 9.00. The minimum Gasteiger partial charge on any atom is -0.375 e. The molecule has 1 saturated heterocycles. The van der Waals surface area contributed by atoms with Crippen molar-refractivity contribution in [1.29, 1.82) is 0 Å². The second kappa shape index (κ2) is 6.84. The Labute approximate surface area is 151 Å². The van der Waals surface area contributed by atoms with Gasteiger partial charge in [0.2, 0.25) is 0 Å². The van der Waals surface area contributed by atoms with Crippen LogP contribution < -0.4 is 0 Å². The van der Waals surface area contributed by atoms with Crippen LogP contribution in [0, 0.1) is 5.92 Å². The zero-order valence-corrected chi connectivity index (χ0v) is 16.0. The van der Waals surface area contributed by atoms with Gasteiger partial charge >= 0.3 is 0 Å².